The van der Waals surface area contributed by atoms with Crippen molar-refractivity contribution in [2.24, 2.45) is 11.7 Å². The topological polar surface area (TPSA) is 72.3 Å². The van der Waals surface area contributed by atoms with E-state index in [0.29, 0.717) is 5.12 Å². The molecule has 0 aliphatic heterocycles. The standard InChI is InChI=1S/C2H7N3O/c1-2(6)5(3)4/h3-4H2,1H3. The minimum absolute atomic E-state index is 0.352. The van der Waals surface area contributed by atoms with Crippen LogP contribution in [-0.2, 0) is 4.79 Å². The molecule has 0 unspecified atom stereocenters. The Morgan fingerprint density at radius 2 is 1.83 bits per heavy atom. The van der Waals surface area contributed by atoms with Gasteiger partial charge in [0.15, 0.2) is 0 Å². The average Bonchev–Trinajstić information content (AvgIpc) is 1.36. The van der Waals surface area contributed by atoms with Crippen molar-refractivity contribution in [3.63, 3.8) is 0 Å². The zero-order valence-corrected chi connectivity index (χ0v) is 3.51. The van der Waals surface area contributed by atoms with E-state index in [1.807, 2.05) is 0 Å². The summed E-state index contributed by atoms with van der Waals surface area (Å²) in [6, 6.07) is 0. The highest BCUT2D eigenvalue weighted by Crippen LogP contribution is 1.59. The number of carbonyl (C=O) groups excluding carboxylic acids is 1. The van der Waals surface area contributed by atoms with Gasteiger partial charge in [-0.05, 0) is 0 Å². The third-order valence-electron chi connectivity index (χ3n) is 0.364. The summed E-state index contributed by atoms with van der Waals surface area (Å²) in [5, 5.41) is 0.528. The van der Waals surface area contributed by atoms with Crippen LogP contribution in [0.15, 0.2) is 0 Å². The molecular weight excluding hydrogens is 82.0 g/mol. The fourth-order valence-corrected chi connectivity index (χ4v) is 0. The third kappa shape index (κ3) is 1.68. The van der Waals surface area contributed by atoms with E-state index in [2.05, 4.69) is 0 Å². The van der Waals surface area contributed by atoms with Gasteiger partial charge in [-0.15, -0.1) is 0 Å². The number of hydrazine groups is 2. The summed E-state index contributed by atoms with van der Waals surface area (Å²) in [6.07, 6.45) is 0. The van der Waals surface area contributed by atoms with Crippen LogP contribution >= 0.6 is 0 Å². The van der Waals surface area contributed by atoms with Crippen LogP contribution in [0.2, 0.25) is 0 Å². The molecule has 0 bridgehead atoms. The van der Waals surface area contributed by atoms with E-state index < -0.39 is 0 Å². The fourth-order valence-electron chi connectivity index (χ4n) is 0. The van der Waals surface area contributed by atoms with Gasteiger partial charge in [-0.2, -0.15) is 0 Å². The highest BCUT2D eigenvalue weighted by molar-refractivity contribution is 5.71. The normalized spacial score (nSPS) is 7.83. The Bertz CT molecular complexity index is 59.8. The van der Waals surface area contributed by atoms with E-state index in [1.54, 1.807) is 0 Å². The van der Waals surface area contributed by atoms with Gasteiger partial charge in [-0.1, -0.05) is 0 Å². The summed E-state index contributed by atoms with van der Waals surface area (Å²) < 4.78 is 0. The Morgan fingerprint density at radius 3 is 1.83 bits per heavy atom. The predicted molar refractivity (Wildman–Crippen MR) is 20.9 cm³/mol. The van der Waals surface area contributed by atoms with Crippen molar-refractivity contribution >= 4 is 5.91 Å². The van der Waals surface area contributed by atoms with Gasteiger partial charge >= 0.3 is 0 Å². The lowest BCUT2D eigenvalue weighted by atomic mass is 10.7. The SMILES string of the molecule is CC(=O)N(N)N. The van der Waals surface area contributed by atoms with Crippen LogP contribution in [-0.4, -0.2) is 11.0 Å². The summed E-state index contributed by atoms with van der Waals surface area (Å²) in [5.74, 6) is 9.04. The summed E-state index contributed by atoms with van der Waals surface area (Å²) in [6.45, 7) is 1.28. The van der Waals surface area contributed by atoms with Gasteiger partial charge in [0, 0.05) is 6.92 Å². The highest BCUT2D eigenvalue weighted by Gasteiger charge is 1.89. The van der Waals surface area contributed by atoms with Crippen LogP contribution in [0.4, 0.5) is 0 Å². The molecule has 0 aliphatic rings. The molecule has 36 valence electrons. The highest BCUT2D eigenvalue weighted by atomic mass is 16.2. The summed E-state index contributed by atoms with van der Waals surface area (Å²) in [4.78, 5) is 9.82. The van der Waals surface area contributed by atoms with E-state index in [9.17, 15) is 4.79 Å². The molecule has 1 amide bonds. The molecule has 0 saturated heterocycles. The zero-order chi connectivity index (χ0) is 5.15. The molecule has 0 spiro atoms. The summed E-state index contributed by atoms with van der Waals surface area (Å²) in [5.41, 5.74) is 0. The zero-order valence-electron chi connectivity index (χ0n) is 3.51. The van der Waals surface area contributed by atoms with Crippen LogP contribution in [0.25, 0.3) is 0 Å². The van der Waals surface area contributed by atoms with Crippen LogP contribution in [0.3, 0.4) is 0 Å². The van der Waals surface area contributed by atoms with Crippen molar-refractivity contribution in [1.82, 2.24) is 5.12 Å². The molecule has 0 fully saturated rings. The van der Waals surface area contributed by atoms with Crippen molar-refractivity contribution in [3.05, 3.63) is 0 Å². The Morgan fingerprint density at radius 1 is 1.67 bits per heavy atom. The lowest BCUT2D eigenvalue weighted by molar-refractivity contribution is -0.129. The van der Waals surface area contributed by atoms with Gasteiger partial charge in [-0.3, -0.25) is 4.79 Å². The van der Waals surface area contributed by atoms with E-state index in [0.717, 1.165) is 0 Å². The molecule has 0 aromatic carbocycles. The molecule has 0 heterocycles. The van der Waals surface area contributed by atoms with E-state index in [4.69, 9.17) is 11.7 Å². The average molecular weight is 89.1 g/mol. The van der Waals surface area contributed by atoms with Gasteiger partial charge in [0.25, 0.3) is 0 Å². The number of hydrogen-bond acceptors (Lipinski definition) is 3. The lowest BCUT2D eigenvalue weighted by Crippen LogP contribution is -2.41. The molecule has 0 radical (unpaired) electrons. The molecular formula is C2H7N3O. The molecule has 0 saturated carbocycles. The predicted octanol–water partition coefficient (Wildman–Crippen LogP) is -1.42. The molecule has 0 rings (SSSR count). The quantitative estimate of drug-likeness (QED) is 0.217. The first-order chi connectivity index (χ1) is 2.64. The first-order valence-corrected chi connectivity index (χ1v) is 1.44. The summed E-state index contributed by atoms with van der Waals surface area (Å²) >= 11 is 0. The number of carbonyl (C=O) groups is 1. The van der Waals surface area contributed by atoms with Gasteiger partial charge in [0.1, 0.15) is 0 Å². The van der Waals surface area contributed by atoms with Gasteiger partial charge < -0.3 is 0 Å². The van der Waals surface area contributed by atoms with Crippen molar-refractivity contribution in [1.29, 1.82) is 0 Å². The Labute approximate surface area is 35.6 Å². The van der Waals surface area contributed by atoms with Crippen molar-refractivity contribution in [2.45, 2.75) is 6.92 Å². The molecule has 4 N–H and O–H groups in total. The van der Waals surface area contributed by atoms with Crippen LogP contribution in [0.1, 0.15) is 6.92 Å². The number of hydrogen-bond donors (Lipinski definition) is 2. The second-order valence-corrected chi connectivity index (χ2v) is 0.926. The minimum atomic E-state index is -0.352. The van der Waals surface area contributed by atoms with Crippen molar-refractivity contribution < 1.29 is 4.79 Å². The Balaban J connectivity index is 3.26. The maximum absolute atomic E-state index is 9.82. The van der Waals surface area contributed by atoms with E-state index in [1.165, 1.54) is 6.92 Å². The van der Waals surface area contributed by atoms with Crippen molar-refractivity contribution in [2.75, 3.05) is 0 Å². The third-order valence-corrected chi connectivity index (χ3v) is 0.364. The first-order valence-electron chi connectivity index (χ1n) is 1.44. The molecule has 0 aromatic heterocycles. The number of nitrogens with two attached hydrogens (primary N) is 2. The van der Waals surface area contributed by atoms with Gasteiger partial charge in [0.05, 0.1) is 0 Å². The Kier molecular flexibility index (Phi) is 1.56. The lowest BCUT2D eigenvalue weighted by Gasteiger charge is -2.01. The maximum Gasteiger partial charge on any atom is 0.247 e. The molecule has 4 nitrogen and oxygen atoms in total. The molecule has 4 heteroatoms. The van der Waals surface area contributed by atoms with E-state index >= 15 is 0 Å². The summed E-state index contributed by atoms with van der Waals surface area (Å²) in [7, 11) is 0. The van der Waals surface area contributed by atoms with Crippen LogP contribution in [0, 0.1) is 0 Å². The first kappa shape index (κ1) is 5.39. The Hall–Kier alpha value is -0.610. The minimum Gasteiger partial charge on any atom is -0.272 e. The van der Waals surface area contributed by atoms with Crippen LogP contribution < -0.4 is 11.7 Å². The van der Waals surface area contributed by atoms with Crippen LogP contribution in [0.5, 0.6) is 0 Å². The largest absolute Gasteiger partial charge is 0.272 e. The van der Waals surface area contributed by atoms with E-state index in [-0.39, 0.29) is 5.91 Å². The molecule has 6 heavy (non-hydrogen) atoms. The fraction of sp³-hybridized carbons (Fsp3) is 0.500. The molecule has 0 aliphatic carbocycles. The number of rotatable bonds is 0. The second kappa shape index (κ2) is 1.74. The molecule has 0 atom stereocenters. The molecule has 0 aromatic rings. The monoisotopic (exact) mass is 89.1 g/mol. The van der Waals surface area contributed by atoms with Gasteiger partial charge in [-0.25, -0.2) is 16.8 Å². The maximum atomic E-state index is 9.82. The second-order valence-electron chi connectivity index (χ2n) is 0.926. The van der Waals surface area contributed by atoms with Gasteiger partial charge in [0.2, 0.25) is 5.91 Å². The van der Waals surface area contributed by atoms with Crippen molar-refractivity contribution in [3.8, 4) is 0 Å². The smallest absolute Gasteiger partial charge is 0.247 e. The number of nitrogens with zero attached hydrogens (tertiary/aromatic N) is 1. The number of amides is 1.